The first kappa shape index (κ1) is 17.0. The first-order valence-corrected chi connectivity index (χ1v) is 9.33. The number of nitrogens with zero attached hydrogens (tertiary/aromatic N) is 1. The van der Waals surface area contributed by atoms with E-state index in [2.05, 4.69) is 63.8 Å². The molecule has 0 amide bonds. The summed E-state index contributed by atoms with van der Waals surface area (Å²) in [4.78, 5) is 2.68. The van der Waals surface area contributed by atoms with E-state index < -0.39 is 0 Å². The molecule has 1 saturated carbocycles. The molecule has 0 radical (unpaired) electrons. The van der Waals surface area contributed by atoms with E-state index in [0.717, 1.165) is 25.0 Å². The highest BCUT2D eigenvalue weighted by Gasteiger charge is 2.34. The Bertz CT molecular complexity index is 506. The fourth-order valence-corrected chi connectivity index (χ4v) is 4.36. The second-order valence-electron chi connectivity index (χ2n) is 8.75. The Balaban J connectivity index is 1.63. The first-order chi connectivity index (χ1) is 10.8. The van der Waals surface area contributed by atoms with E-state index in [1.54, 1.807) is 0 Å². The van der Waals surface area contributed by atoms with Crippen molar-refractivity contribution >= 4 is 0 Å². The molecule has 23 heavy (non-hydrogen) atoms. The van der Waals surface area contributed by atoms with Crippen LogP contribution in [0, 0.1) is 0 Å². The van der Waals surface area contributed by atoms with Crippen LogP contribution in [0.1, 0.15) is 70.9 Å². The van der Waals surface area contributed by atoms with Crippen LogP contribution >= 0.6 is 0 Å². The number of rotatable bonds is 2. The molecule has 4 atom stereocenters. The Hall–Kier alpha value is -0.860. The van der Waals surface area contributed by atoms with Crippen molar-refractivity contribution in [2.75, 3.05) is 13.1 Å². The number of ether oxygens (including phenoxy) is 1. The first-order valence-electron chi connectivity index (χ1n) is 9.33. The molecule has 0 N–H and O–H groups in total. The number of hydrogen-bond donors (Lipinski definition) is 0. The van der Waals surface area contributed by atoms with Crippen molar-refractivity contribution in [3.05, 3.63) is 35.4 Å². The maximum Gasteiger partial charge on any atom is 0.0678 e. The maximum atomic E-state index is 5.89. The molecular weight excluding hydrogens is 282 g/mol. The molecule has 0 unspecified atom stereocenters. The van der Waals surface area contributed by atoms with Crippen LogP contribution in [0.15, 0.2) is 24.3 Å². The molecule has 1 heterocycles. The van der Waals surface area contributed by atoms with Crippen molar-refractivity contribution in [1.29, 1.82) is 0 Å². The molecule has 3 rings (SSSR count). The molecular formula is C21H33NO. The molecule has 0 aromatic heterocycles. The average Bonchev–Trinajstić information content (AvgIpc) is 2.95. The molecule has 2 nitrogen and oxygen atoms in total. The molecule has 1 saturated heterocycles. The standard InChI is InChI=1S/C21H33NO/c1-15-13-22(14-16(2)23-15)20-11-8-18(12-20)17-6-9-19(10-7-17)21(3,4)5/h6-7,9-10,15-16,18,20H,8,11-14H2,1-5H3/t15-,16+,18-,20+/m1/s1. The monoisotopic (exact) mass is 315 g/mol. The summed E-state index contributed by atoms with van der Waals surface area (Å²) in [5.74, 6) is 0.738. The SMILES string of the molecule is C[C@@H]1CN([C@H]2CC[C@@H](c3ccc(C(C)(C)C)cc3)C2)C[C@H](C)O1. The van der Waals surface area contributed by atoms with E-state index >= 15 is 0 Å². The molecule has 1 aromatic rings. The van der Waals surface area contributed by atoms with Crippen LogP contribution in [0.4, 0.5) is 0 Å². The summed E-state index contributed by atoms with van der Waals surface area (Å²) in [6.45, 7) is 13.5. The van der Waals surface area contributed by atoms with Crippen molar-refractivity contribution in [3.63, 3.8) is 0 Å². The quantitative estimate of drug-likeness (QED) is 0.782. The minimum absolute atomic E-state index is 0.247. The lowest BCUT2D eigenvalue weighted by Crippen LogP contribution is -2.49. The van der Waals surface area contributed by atoms with Crippen LogP contribution in [0.3, 0.4) is 0 Å². The molecule has 2 heteroatoms. The van der Waals surface area contributed by atoms with Gasteiger partial charge in [-0.15, -0.1) is 0 Å². The van der Waals surface area contributed by atoms with Gasteiger partial charge in [0.25, 0.3) is 0 Å². The van der Waals surface area contributed by atoms with E-state index in [1.807, 2.05) is 0 Å². The van der Waals surface area contributed by atoms with Gasteiger partial charge in [-0.1, -0.05) is 45.0 Å². The molecule has 1 aliphatic carbocycles. The maximum absolute atomic E-state index is 5.89. The van der Waals surface area contributed by atoms with E-state index in [0.29, 0.717) is 12.2 Å². The van der Waals surface area contributed by atoms with Crippen molar-refractivity contribution in [1.82, 2.24) is 4.90 Å². The Morgan fingerprint density at radius 1 is 0.957 bits per heavy atom. The van der Waals surface area contributed by atoms with Crippen LogP contribution in [0.25, 0.3) is 0 Å². The molecule has 0 bridgehead atoms. The molecule has 2 aliphatic rings. The second kappa shape index (κ2) is 6.57. The molecule has 1 aromatic carbocycles. The summed E-state index contributed by atoms with van der Waals surface area (Å²) in [5.41, 5.74) is 3.22. The summed E-state index contributed by atoms with van der Waals surface area (Å²) in [5, 5.41) is 0. The van der Waals surface area contributed by atoms with Gasteiger partial charge in [0.05, 0.1) is 12.2 Å². The summed E-state index contributed by atoms with van der Waals surface area (Å²) >= 11 is 0. The fourth-order valence-electron chi connectivity index (χ4n) is 4.36. The Morgan fingerprint density at radius 2 is 1.57 bits per heavy atom. The highest BCUT2D eigenvalue weighted by molar-refractivity contribution is 5.30. The van der Waals surface area contributed by atoms with Gasteiger partial charge in [-0.25, -0.2) is 0 Å². The molecule has 1 aliphatic heterocycles. The molecule has 2 fully saturated rings. The predicted molar refractivity (Wildman–Crippen MR) is 97.1 cm³/mol. The van der Waals surface area contributed by atoms with Crippen LogP contribution in [0.2, 0.25) is 0 Å². The zero-order valence-electron chi connectivity index (χ0n) is 15.5. The lowest BCUT2D eigenvalue weighted by molar-refractivity contribution is -0.0796. The highest BCUT2D eigenvalue weighted by atomic mass is 16.5. The number of hydrogen-bond acceptors (Lipinski definition) is 2. The summed E-state index contributed by atoms with van der Waals surface area (Å²) in [7, 11) is 0. The largest absolute Gasteiger partial charge is 0.373 e. The van der Waals surface area contributed by atoms with Crippen LogP contribution < -0.4 is 0 Å². The lowest BCUT2D eigenvalue weighted by atomic mass is 9.85. The van der Waals surface area contributed by atoms with E-state index in [9.17, 15) is 0 Å². The summed E-state index contributed by atoms with van der Waals surface area (Å²) < 4.78 is 5.89. The predicted octanol–water partition coefficient (Wildman–Crippen LogP) is 4.73. The van der Waals surface area contributed by atoms with Crippen molar-refractivity contribution in [2.45, 2.75) is 83.5 Å². The van der Waals surface area contributed by atoms with E-state index in [-0.39, 0.29) is 5.41 Å². The van der Waals surface area contributed by atoms with Gasteiger partial charge in [-0.3, -0.25) is 4.90 Å². The van der Waals surface area contributed by atoms with Gasteiger partial charge in [0.2, 0.25) is 0 Å². The normalized spacial score (nSPS) is 33.1. The van der Waals surface area contributed by atoms with E-state index in [4.69, 9.17) is 4.74 Å². The van der Waals surface area contributed by atoms with Crippen molar-refractivity contribution in [2.24, 2.45) is 0 Å². The van der Waals surface area contributed by atoms with Gasteiger partial charge in [-0.2, -0.15) is 0 Å². The zero-order valence-corrected chi connectivity index (χ0v) is 15.5. The number of morpholine rings is 1. The highest BCUT2D eigenvalue weighted by Crippen LogP contribution is 2.38. The average molecular weight is 316 g/mol. The van der Waals surface area contributed by atoms with Crippen molar-refractivity contribution in [3.8, 4) is 0 Å². The summed E-state index contributed by atoms with van der Waals surface area (Å²) in [6, 6.07) is 10.2. The van der Waals surface area contributed by atoms with Gasteiger partial charge in [0, 0.05) is 19.1 Å². The molecule has 128 valence electrons. The van der Waals surface area contributed by atoms with Gasteiger partial charge in [0.1, 0.15) is 0 Å². The van der Waals surface area contributed by atoms with Gasteiger partial charge < -0.3 is 4.74 Å². The van der Waals surface area contributed by atoms with E-state index in [1.165, 1.54) is 30.4 Å². The Morgan fingerprint density at radius 3 is 2.13 bits per heavy atom. The third-order valence-corrected chi connectivity index (χ3v) is 5.62. The minimum atomic E-state index is 0.247. The molecule has 0 spiro atoms. The van der Waals surface area contributed by atoms with Crippen LogP contribution in [0.5, 0.6) is 0 Å². The smallest absolute Gasteiger partial charge is 0.0678 e. The minimum Gasteiger partial charge on any atom is -0.373 e. The van der Waals surface area contributed by atoms with Gasteiger partial charge >= 0.3 is 0 Å². The topological polar surface area (TPSA) is 12.5 Å². The summed E-state index contributed by atoms with van der Waals surface area (Å²) in [6.07, 6.45) is 4.74. The third kappa shape index (κ3) is 3.97. The van der Waals surface area contributed by atoms with Crippen molar-refractivity contribution < 1.29 is 4.74 Å². The fraction of sp³-hybridized carbons (Fsp3) is 0.714. The zero-order chi connectivity index (χ0) is 16.6. The Kier molecular flexibility index (Phi) is 4.85. The van der Waals surface area contributed by atoms with Crippen LogP contribution in [-0.4, -0.2) is 36.2 Å². The second-order valence-corrected chi connectivity index (χ2v) is 8.75. The Labute approximate surface area is 142 Å². The lowest BCUT2D eigenvalue weighted by Gasteiger charge is -2.39. The van der Waals surface area contributed by atoms with Crippen LogP contribution in [-0.2, 0) is 10.2 Å². The number of benzene rings is 1. The van der Waals surface area contributed by atoms with Gasteiger partial charge in [-0.05, 0) is 55.6 Å². The van der Waals surface area contributed by atoms with Gasteiger partial charge in [0.15, 0.2) is 0 Å². The third-order valence-electron chi connectivity index (χ3n) is 5.62.